The maximum absolute atomic E-state index is 2.69. The Morgan fingerprint density at radius 3 is 1.96 bits per heavy atom. The van der Waals surface area contributed by atoms with E-state index in [4.69, 9.17) is 0 Å². The van der Waals surface area contributed by atoms with Crippen LogP contribution in [0.2, 0.25) is 0 Å². The largest absolute Gasteiger partial charge is 0.355 e. The third-order valence-electron chi connectivity index (χ3n) is 7.24. The van der Waals surface area contributed by atoms with E-state index in [1.165, 1.54) is 48.1 Å². The second-order valence-corrected chi connectivity index (χ2v) is 9.09. The van der Waals surface area contributed by atoms with Crippen LogP contribution in [0.25, 0.3) is 0 Å². The standard InChI is InChI=1S/C22H30N2/c1-14-6-15(2)21(16(3)7-14)23-4-5-24(13-23)22-19-9-17-8-18(11-19)12-20(22)10-17/h4-7,17-20,22H,8-13H2,1-3H3. The molecule has 1 aliphatic heterocycles. The van der Waals surface area contributed by atoms with Crippen LogP contribution in [0.5, 0.6) is 0 Å². The normalized spacial score (nSPS) is 36.9. The van der Waals surface area contributed by atoms with E-state index in [9.17, 15) is 0 Å². The molecule has 4 fully saturated rings. The topological polar surface area (TPSA) is 6.48 Å². The SMILES string of the molecule is Cc1cc(C)c(N2C=CN(C3C4CC5CC(C4)CC3C5)C2)c(C)c1. The first-order valence-electron chi connectivity index (χ1n) is 9.87. The van der Waals surface area contributed by atoms with Gasteiger partial charge in [0.25, 0.3) is 0 Å². The lowest BCUT2D eigenvalue weighted by molar-refractivity contribution is -0.0483. The highest BCUT2D eigenvalue weighted by atomic mass is 15.4. The van der Waals surface area contributed by atoms with E-state index >= 15 is 0 Å². The number of anilines is 1. The molecule has 6 rings (SSSR count). The molecule has 0 unspecified atom stereocenters. The molecule has 4 bridgehead atoms. The molecule has 24 heavy (non-hydrogen) atoms. The molecule has 0 spiro atoms. The number of rotatable bonds is 2. The summed E-state index contributed by atoms with van der Waals surface area (Å²) in [5.74, 6) is 4.05. The second kappa shape index (κ2) is 5.28. The van der Waals surface area contributed by atoms with Crippen molar-refractivity contribution in [1.29, 1.82) is 0 Å². The van der Waals surface area contributed by atoms with Crippen LogP contribution in [0.1, 0.15) is 48.8 Å². The van der Waals surface area contributed by atoms with Crippen LogP contribution in [0.4, 0.5) is 5.69 Å². The Morgan fingerprint density at radius 2 is 1.38 bits per heavy atom. The van der Waals surface area contributed by atoms with Gasteiger partial charge in [0.05, 0.1) is 6.67 Å². The van der Waals surface area contributed by atoms with E-state index in [-0.39, 0.29) is 0 Å². The number of benzene rings is 1. The van der Waals surface area contributed by atoms with Gasteiger partial charge in [0, 0.05) is 24.1 Å². The minimum atomic E-state index is 0.810. The molecule has 4 aliphatic carbocycles. The fourth-order valence-electron chi connectivity index (χ4n) is 6.84. The van der Waals surface area contributed by atoms with Gasteiger partial charge in [-0.15, -0.1) is 0 Å². The zero-order chi connectivity index (χ0) is 16.4. The summed E-state index contributed by atoms with van der Waals surface area (Å²) in [7, 11) is 0. The summed E-state index contributed by atoms with van der Waals surface area (Å²) in [5.41, 5.74) is 5.60. The summed E-state index contributed by atoms with van der Waals surface area (Å²) in [5, 5.41) is 0. The van der Waals surface area contributed by atoms with E-state index in [2.05, 4.69) is 55.1 Å². The van der Waals surface area contributed by atoms with Crippen LogP contribution in [-0.4, -0.2) is 17.6 Å². The summed E-state index contributed by atoms with van der Waals surface area (Å²) < 4.78 is 0. The summed E-state index contributed by atoms with van der Waals surface area (Å²) in [6, 6.07) is 5.45. The molecular weight excluding hydrogens is 292 g/mol. The monoisotopic (exact) mass is 322 g/mol. The minimum Gasteiger partial charge on any atom is -0.355 e. The molecule has 2 nitrogen and oxygen atoms in total. The Labute approximate surface area is 146 Å². The molecule has 0 atom stereocenters. The third-order valence-corrected chi connectivity index (χ3v) is 7.24. The van der Waals surface area contributed by atoms with Crippen LogP contribution >= 0.6 is 0 Å². The summed E-state index contributed by atoms with van der Waals surface area (Å²) in [6.45, 7) is 7.77. The van der Waals surface area contributed by atoms with E-state index in [1.807, 2.05) is 0 Å². The number of nitrogens with zero attached hydrogens (tertiary/aromatic N) is 2. The average Bonchev–Trinajstić information content (AvgIpc) is 2.94. The molecule has 0 N–H and O–H groups in total. The van der Waals surface area contributed by atoms with Crippen molar-refractivity contribution in [2.75, 3.05) is 11.6 Å². The molecule has 0 radical (unpaired) electrons. The maximum Gasteiger partial charge on any atom is 0.0945 e. The smallest absolute Gasteiger partial charge is 0.0945 e. The summed E-state index contributed by atoms with van der Waals surface area (Å²) >= 11 is 0. The highest BCUT2D eigenvalue weighted by molar-refractivity contribution is 5.62. The molecule has 128 valence electrons. The van der Waals surface area contributed by atoms with Crippen molar-refractivity contribution in [3.8, 4) is 0 Å². The zero-order valence-electron chi connectivity index (χ0n) is 15.3. The first kappa shape index (κ1) is 14.9. The second-order valence-electron chi connectivity index (χ2n) is 9.09. The Bertz CT molecular complexity index is 638. The van der Waals surface area contributed by atoms with Crippen LogP contribution in [0.3, 0.4) is 0 Å². The highest BCUT2D eigenvalue weighted by Gasteiger charge is 2.50. The van der Waals surface area contributed by atoms with Crippen molar-refractivity contribution in [3.63, 3.8) is 0 Å². The van der Waals surface area contributed by atoms with Crippen LogP contribution < -0.4 is 4.90 Å². The molecule has 1 heterocycles. The first-order chi connectivity index (χ1) is 11.6. The number of hydrogen-bond donors (Lipinski definition) is 0. The van der Waals surface area contributed by atoms with Gasteiger partial charge in [-0.05, 0) is 87.7 Å². The van der Waals surface area contributed by atoms with Gasteiger partial charge in [0.2, 0.25) is 0 Å². The molecule has 5 aliphatic rings. The molecule has 1 aromatic rings. The summed E-state index contributed by atoms with van der Waals surface area (Å²) in [4.78, 5) is 5.17. The van der Waals surface area contributed by atoms with E-state index in [1.54, 1.807) is 6.42 Å². The van der Waals surface area contributed by atoms with Gasteiger partial charge in [0.1, 0.15) is 0 Å². The lowest BCUT2D eigenvalue weighted by Crippen LogP contribution is -2.54. The van der Waals surface area contributed by atoms with E-state index in [0.29, 0.717) is 0 Å². The molecular formula is C22H30N2. The van der Waals surface area contributed by atoms with Gasteiger partial charge < -0.3 is 9.80 Å². The van der Waals surface area contributed by atoms with Crippen LogP contribution in [0.15, 0.2) is 24.5 Å². The fraction of sp³-hybridized carbons (Fsp3) is 0.636. The number of hydrogen-bond acceptors (Lipinski definition) is 2. The molecule has 0 amide bonds. The van der Waals surface area contributed by atoms with Gasteiger partial charge in [0.15, 0.2) is 0 Å². The van der Waals surface area contributed by atoms with E-state index in [0.717, 1.165) is 36.4 Å². The highest BCUT2D eigenvalue weighted by Crippen LogP contribution is 2.55. The van der Waals surface area contributed by atoms with Crippen molar-refractivity contribution >= 4 is 5.69 Å². The van der Waals surface area contributed by atoms with E-state index < -0.39 is 0 Å². The van der Waals surface area contributed by atoms with Crippen molar-refractivity contribution in [2.24, 2.45) is 23.7 Å². The van der Waals surface area contributed by atoms with Crippen LogP contribution in [-0.2, 0) is 0 Å². The summed E-state index contributed by atoms with van der Waals surface area (Å²) in [6.07, 6.45) is 12.3. The molecule has 2 heteroatoms. The fourth-order valence-corrected chi connectivity index (χ4v) is 6.84. The molecule has 4 saturated carbocycles. The van der Waals surface area contributed by atoms with Crippen LogP contribution in [0, 0.1) is 44.4 Å². The molecule has 0 aromatic heterocycles. The Kier molecular flexibility index (Phi) is 3.27. The van der Waals surface area contributed by atoms with Gasteiger partial charge >= 0.3 is 0 Å². The lowest BCUT2D eigenvalue weighted by Gasteiger charge is -2.56. The van der Waals surface area contributed by atoms with Gasteiger partial charge in [-0.2, -0.15) is 0 Å². The predicted octanol–water partition coefficient (Wildman–Crippen LogP) is 4.99. The van der Waals surface area contributed by atoms with Gasteiger partial charge in [-0.25, -0.2) is 0 Å². The molecule has 0 saturated heterocycles. The Hall–Kier alpha value is -1.44. The maximum atomic E-state index is 2.69. The van der Waals surface area contributed by atoms with Crippen molar-refractivity contribution in [2.45, 2.75) is 58.9 Å². The van der Waals surface area contributed by atoms with Gasteiger partial charge in [-0.3, -0.25) is 0 Å². The predicted molar refractivity (Wildman–Crippen MR) is 99.8 cm³/mol. The van der Waals surface area contributed by atoms with Crippen molar-refractivity contribution in [1.82, 2.24) is 4.90 Å². The minimum absolute atomic E-state index is 0.810. The Balaban J connectivity index is 1.38. The first-order valence-corrected chi connectivity index (χ1v) is 9.87. The van der Waals surface area contributed by atoms with Crippen molar-refractivity contribution < 1.29 is 0 Å². The quantitative estimate of drug-likeness (QED) is 0.757. The Morgan fingerprint density at radius 1 is 0.792 bits per heavy atom. The van der Waals surface area contributed by atoms with Crippen molar-refractivity contribution in [3.05, 3.63) is 41.2 Å². The van der Waals surface area contributed by atoms with Gasteiger partial charge in [-0.1, -0.05) is 17.7 Å². The third kappa shape index (κ3) is 2.22. The lowest BCUT2D eigenvalue weighted by atomic mass is 9.54. The number of aryl methyl sites for hydroxylation is 3. The zero-order valence-corrected chi connectivity index (χ0v) is 15.3. The average molecular weight is 322 g/mol. The molecule has 1 aromatic carbocycles.